The van der Waals surface area contributed by atoms with Crippen LogP contribution in [0.25, 0.3) is 0 Å². The molecule has 29 heavy (non-hydrogen) atoms. The van der Waals surface area contributed by atoms with Crippen molar-refractivity contribution in [1.82, 2.24) is 10.6 Å². The summed E-state index contributed by atoms with van der Waals surface area (Å²) in [6.07, 6.45) is 0.778. The number of hydrogen-bond acceptors (Lipinski definition) is 4. The van der Waals surface area contributed by atoms with Crippen LogP contribution in [0, 0.1) is 0 Å². The normalized spacial score (nSPS) is 11.3. The highest BCUT2D eigenvalue weighted by molar-refractivity contribution is 5.79. The van der Waals surface area contributed by atoms with Crippen molar-refractivity contribution >= 4 is 5.96 Å². The number of hydrogen-bond donors (Lipinski definition) is 2. The predicted molar refractivity (Wildman–Crippen MR) is 109 cm³/mol. The number of nitrogens with one attached hydrogen (secondary N) is 2. The number of benzene rings is 2. The Balaban J connectivity index is 2.04. The average Bonchev–Trinajstić information content (AvgIpc) is 2.72. The Morgan fingerprint density at radius 3 is 2.48 bits per heavy atom. The third-order valence-electron chi connectivity index (χ3n) is 4.08. The topological polar surface area (TPSA) is 64.1 Å². The van der Waals surface area contributed by atoms with E-state index in [9.17, 15) is 8.78 Å². The number of guanidine groups is 1. The largest absolute Gasteiger partial charge is 0.497 e. The smallest absolute Gasteiger partial charge is 0.387 e. The number of ether oxygens (including phenoxy) is 3. The third kappa shape index (κ3) is 7.48. The van der Waals surface area contributed by atoms with E-state index in [4.69, 9.17) is 9.47 Å². The quantitative estimate of drug-likeness (QED) is 0.465. The SMILES string of the molecule is CCNC(=NCc1cc(OC)ccc1OC(F)F)NCCc1cccc(OC)c1. The highest BCUT2D eigenvalue weighted by Crippen LogP contribution is 2.26. The predicted octanol–water partition coefficient (Wildman–Crippen LogP) is 3.60. The molecule has 2 N–H and O–H groups in total. The fourth-order valence-electron chi connectivity index (χ4n) is 2.68. The second-order valence-electron chi connectivity index (χ2n) is 6.08. The van der Waals surface area contributed by atoms with E-state index in [0.717, 1.165) is 17.7 Å². The van der Waals surface area contributed by atoms with Crippen LogP contribution in [-0.4, -0.2) is 39.9 Å². The van der Waals surface area contributed by atoms with Crippen molar-refractivity contribution in [2.24, 2.45) is 4.99 Å². The van der Waals surface area contributed by atoms with E-state index >= 15 is 0 Å². The first-order valence-electron chi connectivity index (χ1n) is 9.32. The van der Waals surface area contributed by atoms with Crippen molar-refractivity contribution in [2.45, 2.75) is 26.5 Å². The summed E-state index contributed by atoms with van der Waals surface area (Å²) >= 11 is 0. The van der Waals surface area contributed by atoms with Gasteiger partial charge in [0.2, 0.25) is 0 Å². The minimum Gasteiger partial charge on any atom is -0.497 e. The molecule has 2 rings (SSSR count). The maximum Gasteiger partial charge on any atom is 0.387 e. The van der Waals surface area contributed by atoms with Crippen LogP contribution in [-0.2, 0) is 13.0 Å². The van der Waals surface area contributed by atoms with Crippen molar-refractivity contribution in [3.8, 4) is 17.2 Å². The lowest BCUT2D eigenvalue weighted by atomic mass is 10.1. The standard InChI is InChI=1S/C21H27F2N3O3/c1-4-24-21(25-11-10-15-6-5-7-17(12-15)27-2)26-14-16-13-18(28-3)8-9-19(16)29-20(22)23/h5-9,12-13,20H,4,10-11,14H2,1-3H3,(H2,24,25,26). The Bertz CT molecular complexity index is 800. The molecule has 2 aromatic carbocycles. The molecule has 0 atom stereocenters. The molecule has 0 radical (unpaired) electrons. The molecule has 0 amide bonds. The minimum absolute atomic E-state index is 0.0804. The molecule has 0 heterocycles. The molecule has 0 saturated carbocycles. The molecule has 0 saturated heterocycles. The van der Waals surface area contributed by atoms with E-state index in [1.54, 1.807) is 19.2 Å². The molecule has 158 valence electrons. The lowest BCUT2D eigenvalue weighted by Gasteiger charge is -2.14. The van der Waals surface area contributed by atoms with E-state index in [2.05, 4.69) is 20.4 Å². The molecule has 0 aliphatic heterocycles. The molecular weight excluding hydrogens is 380 g/mol. The summed E-state index contributed by atoms with van der Waals surface area (Å²) in [5.41, 5.74) is 1.64. The lowest BCUT2D eigenvalue weighted by molar-refractivity contribution is -0.0504. The maximum atomic E-state index is 12.7. The second kappa shape index (κ2) is 11.7. The molecule has 0 aromatic heterocycles. The van der Waals surface area contributed by atoms with Crippen LogP contribution < -0.4 is 24.8 Å². The van der Waals surface area contributed by atoms with Gasteiger partial charge in [-0.15, -0.1) is 0 Å². The van der Waals surface area contributed by atoms with Crippen molar-refractivity contribution in [2.75, 3.05) is 27.3 Å². The first-order chi connectivity index (χ1) is 14.0. The van der Waals surface area contributed by atoms with Gasteiger partial charge in [-0.2, -0.15) is 8.78 Å². The van der Waals surface area contributed by atoms with E-state index < -0.39 is 6.61 Å². The fourth-order valence-corrected chi connectivity index (χ4v) is 2.68. The van der Waals surface area contributed by atoms with Gasteiger partial charge in [-0.05, 0) is 49.2 Å². The summed E-state index contributed by atoms with van der Waals surface area (Å²) in [4.78, 5) is 4.48. The summed E-state index contributed by atoms with van der Waals surface area (Å²) in [5, 5.41) is 6.39. The molecule has 0 aliphatic carbocycles. The highest BCUT2D eigenvalue weighted by atomic mass is 19.3. The Labute approximate surface area is 169 Å². The van der Waals surface area contributed by atoms with Gasteiger partial charge in [-0.3, -0.25) is 0 Å². The number of rotatable bonds is 10. The van der Waals surface area contributed by atoms with Crippen LogP contribution in [0.4, 0.5) is 8.78 Å². The Morgan fingerprint density at radius 1 is 1.03 bits per heavy atom. The molecule has 0 fully saturated rings. The van der Waals surface area contributed by atoms with E-state index in [0.29, 0.717) is 30.4 Å². The van der Waals surface area contributed by atoms with Gasteiger partial charge in [0.05, 0.1) is 20.8 Å². The number of methoxy groups -OCH3 is 2. The van der Waals surface area contributed by atoms with Crippen LogP contribution in [0.3, 0.4) is 0 Å². The van der Waals surface area contributed by atoms with Gasteiger partial charge in [0, 0.05) is 18.7 Å². The van der Waals surface area contributed by atoms with Gasteiger partial charge in [0.1, 0.15) is 17.2 Å². The van der Waals surface area contributed by atoms with E-state index in [-0.39, 0.29) is 12.3 Å². The van der Waals surface area contributed by atoms with E-state index in [1.165, 1.54) is 13.2 Å². The molecule has 0 unspecified atom stereocenters. The molecule has 0 bridgehead atoms. The first kappa shape index (κ1) is 22.3. The molecule has 6 nitrogen and oxygen atoms in total. The van der Waals surface area contributed by atoms with Crippen molar-refractivity contribution < 1.29 is 23.0 Å². The summed E-state index contributed by atoms with van der Waals surface area (Å²) in [6, 6.07) is 12.5. The summed E-state index contributed by atoms with van der Waals surface area (Å²) in [6.45, 7) is 0.533. The van der Waals surface area contributed by atoms with Gasteiger partial charge < -0.3 is 24.8 Å². The highest BCUT2D eigenvalue weighted by Gasteiger charge is 2.11. The summed E-state index contributed by atoms with van der Waals surface area (Å²) in [5.74, 6) is 2.03. The Morgan fingerprint density at radius 2 is 1.79 bits per heavy atom. The molecule has 2 aromatic rings. The van der Waals surface area contributed by atoms with Crippen LogP contribution in [0.2, 0.25) is 0 Å². The zero-order chi connectivity index (χ0) is 21.1. The maximum absolute atomic E-state index is 12.7. The molecule has 0 spiro atoms. The summed E-state index contributed by atoms with van der Waals surface area (Å²) in [7, 11) is 3.15. The Hall–Kier alpha value is -3.03. The molecule has 8 heteroatoms. The van der Waals surface area contributed by atoms with Crippen LogP contribution in [0.1, 0.15) is 18.1 Å². The number of alkyl halides is 2. The Kier molecular flexibility index (Phi) is 9.01. The van der Waals surface area contributed by atoms with Gasteiger partial charge >= 0.3 is 6.61 Å². The molecular formula is C21H27F2N3O3. The van der Waals surface area contributed by atoms with Gasteiger partial charge in [0.15, 0.2) is 5.96 Å². The zero-order valence-corrected chi connectivity index (χ0v) is 16.9. The van der Waals surface area contributed by atoms with Crippen molar-refractivity contribution in [3.63, 3.8) is 0 Å². The summed E-state index contributed by atoms with van der Waals surface area (Å²) < 4.78 is 40.3. The van der Waals surface area contributed by atoms with Crippen molar-refractivity contribution in [3.05, 3.63) is 53.6 Å². The fraction of sp³-hybridized carbons (Fsp3) is 0.381. The third-order valence-corrected chi connectivity index (χ3v) is 4.08. The van der Waals surface area contributed by atoms with Gasteiger partial charge in [-0.1, -0.05) is 12.1 Å². The van der Waals surface area contributed by atoms with Gasteiger partial charge in [0.25, 0.3) is 0 Å². The first-order valence-corrected chi connectivity index (χ1v) is 9.32. The van der Waals surface area contributed by atoms with Crippen LogP contribution >= 0.6 is 0 Å². The zero-order valence-electron chi connectivity index (χ0n) is 16.9. The van der Waals surface area contributed by atoms with Gasteiger partial charge in [-0.25, -0.2) is 4.99 Å². The second-order valence-corrected chi connectivity index (χ2v) is 6.08. The minimum atomic E-state index is -2.90. The monoisotopic (exact) mass is 407 g/mol. The van der Waals surface area contributed by atoms with Crippen LogP contribution in [0.15, 0.2) is 47.5 Å². The van der Waals surface area contributed by atoms with Crippen molar-refractivity contribution in [1.29, 1.82) is 0 Å². The van der Waals surface area contributed by atoms with E-state index in [1.807, 2.05) is 31.2 Å². The van der Waals surface area contributed by atoms with Crippen LogP contribution in [0.5, 0.6) is 17.2 Å². The molecule has 0 aliphatic rings. The average molecular weight is 407 g/mol. The number of aliphatic imine (C=N–C) groups is 1. The number of nitrogens with zero attached hydrogens (tertiary/aromatic N) is 1. The lowest BCUT2D eigenvalue weighted by Crippen LogP contribution is -2.38. The number of halogens is 2.